The molecule has 0 radical (unpaired) electrons. The molecule has 0 spiro atoms. The van der Waals surface area contributed by atoms with Crippen LogP contribution in [0.25, 0.3) is 0 Å². The zero-order chi connectivity index (χ0) is 28.7. The van der Waals surface area contributed by atoms with Gasteiger partial charge in [0.05, 0.1) is 0 Å². The Bertz CT molecular complexity index is 1270. The van der Waals surface area contributed by atoms with E-state index in [1.165, 1.54) is 55.2 Å². The Morgan fingerprint density at radius 1 is 0.475 bits per heavy atom. The second-order valence-electron chi connectivity index (χ2n) is 7.88. The Kier molecular flexibility index (Phi) is 11.7. The van der Waals surface area contributed by atoms with Crippen LogP contribution in [-0.4, -0.2) is 38.1 Å². The molecule has 0 bridgehead atoms. The third-order valence-electron chi connectivity index (χ3n) is 5.25. The zero-order valence-electron chi connectivity index (χ0n) is 21.6. The van der Waals surface area contributed by atoms with E-state index in [0.29, 0.717) is 16.7 Å². The van der Waals surface area contributed by atoms with Gasteiger partial charge in [-0.15, -0.1) is 0 Å². The molecule has 0 aliphatic carbocycles. The molecule has 0 aliphatic rings. The van der Waals surface area contributed by atoms with Crippen molar-refractivity contribution >= 4 is 48.6 Å². The van der Waals surface area contributed by atoms with Gasteiger partial charge in [0.25, 0.3) is 0 Å². The fourth-order valence-electron chi connectivity index (χ4n) is 3.36. The molecule has 0 saturated carbocycles. The molecule has 6 nitrogen and oxygen atoms in total. The summed E-state index contributed by atoms with van der Waals surface area (Å²) in [7, 11) is 0. The van der Waals surface area contributed by atoms with Gasteiger partial charge in [-0.1, -0.05) is 0 Å². The summed E-state index contributed by atoms with van der Waals surface area (Å²) >= 11 is -2.66. The first-order chi connectivity index (χ1) is 19.5. The van der Waals surface area contributed by atoms with Gasteiger partial charge in [0.2, 0.25) is 0 Å². The number of hydrogen-bond donors (Lipinski definition) is 0. The van der Waals surface area contributed by atoms with E-state index in [1.807, 2.05) is 36.4 Å². The van der Waals surface area contributed by atoms with Crippen LogP contribution in [-0.2, 0) is 14.2 Å². The molecule has 0 saturated heterocycles. The van der Waals surface area contributed by atoms with Crippen molar-refractivity contribution in [1.29, 1.82) is 0 Å². The molecule has 3 rings (SSSR count). The predicted octanol–water partition coefficient (Wildman–Crippen LogP) is 4.77. The Balaban J connectivity index is 1.94. The second-order valence-corrected chi connectivity index (χ2v) is 14.2. The number of esters is 3. The fourth-order valence-corrected chi connectivity index (χ4v) is 9.74. The normalized spacial score (nSPS) is 11.0. The van der Waals surface area contributed by atoms with Crippen LogP contribution >= 0.6 is 0 Å². The van der Waals surface area contributed by atoms with Crippen LogP contribution in [0, 0.1) is 0 Å². The van der Waals surface area contributed by atoms with E-state index in [1.54, 1.807) is 36.4 Å². The molecule has 0 aliphatic heterocycles. The average Bonchev–Trinajstić information content (AvgIpc) is 2.98. The number of carbonyl (C=O) groups excluding carboxylic acids is 3. The molecular formula is C33H27O6Sb. The summed E-state index contributed by atoms with van der Waals surface area (Å²) in [6.45, 7) is 10.6. The summed E-state index contributed by atoms with van der Waals surface area (Å²) < 4.78 is 18.5. The van der Waals surface area contributed by atoms with Crippen molar-refractivity contribution in [3.63, 3.8) is 0 Å². The van der Waals surface area contributed by atoms with Gasteiger partial charge in [0.15, 0.2) is 0 Å². The first-order valence-corrected chi connectivity index (χ1v) is 15.9. The molecule has 3 aromatic rings. The van der Waals surface area contributed by atoms with Crippen molar-refractivity contribution in [2.24, 2.45) is 0 Å². The fraction of sp³-hybridized carbons (Fsp3) is 0. The maximum atomic E-state index is 12.3. The molecular weight excluding hydrogens is 614 g/mol. The first-order valence-electron chi connectivity index (χ1n) is 12.0. The van der Waals surface area contributed by atoms with Crippen LogP contribution in [0.5, 0.6) is 0 Å². The van der Waals surface area contributed by atoms with E-state index >= 15 is 0 Å². The van der Waals surface area contributed by atoms with Gasteiger partial charge < -0.3 is 0 Å². The number of benzene rings is 3. The topological polar surface area (TPSA) is 78.9 Å². The van der Waals surface area contributed by atoms with Crippen LogP contribution in [0.3, 0.4) is 0 Å². The molecule has 0 unspecified atom stereocenters. The third-order valence-corrected chi connectivity index (χ3v) is 12.2. The van der Waals surface area contributed by atoms with Crippen LogP contribution in [0.15, 0.2) is 148 Å². The van der Waals surface area contributed by atoms with Crippen molar-refractivity contribution in [3.8, 4) is 0 Å². The van der Waals surface area contributed by atoms with E-state index in [2.05, 4.69) is 19.7 Å². The Labute approximate surface area is 240 Å². The Morgan fingerprint density at radius 2 is 0.725 bits per heavy atom. The average molecular weight is 641 g/mol. The van der Waals surface area contributed by atoms with Gasteiger partial charge in [-0.05, 0) is 0 Å². The monoisotopic (exact) mass is 640 g/mol. The third kappa shape index (κ3) is 8.42. The number of carbonyl (C=O) groups is 3. The first kappa shape index (κ1) is 29.9. The van der Waals surface area contributed by atoms with Gasteiger partial charge >= 0.3 is 242 Å². The van der Waals surface area contributed by atoms with Crippen molar-refractivity contribution in [2.45, 2.75) is 0 Å². The maximum absolute atomic E-state index is 12.3. The van der Waals surface area contributed by atoms with Crippen LogP contribution in [0.1, 0.15) is 31.1 Å². The van der Waals surface area contributed by atoms with E-state index in [-0.39, 0.29) is 0 Å². The summed E-state index contributed by atoms with van der Waals surface area (Å²) in [6.07, 6.45) is 13.0. The summed E-state index contributed by atoms with van der Waals surface area (Å²) in [5.41, 5.74) is 1.23. The molecule has 0 N–H and O–H groups in total. The molecule has 7 heteroatoms. The molecule has 0 amide bonds. The van der Waals surface area contributed by atoms with Gasteiger partial charge in [-0.3, -0.25) is 0 Å². The Morgan fingerprint density at radius 3 is 0.950 bits per heavy atom. The zero-order valence-corrected chi connectivity index (χ0v) is 24.2. The van der Waals surface area contributed by atoms with Crippen LogP contribution < -0.4 is 10.5 Å². The molecule has 40 heavy (non-hydrogen) atoms. The van der Waals surface area contributed by atoms with E-state index in [4.69, 9.17) is 14.2 Å². The standard InChI is InChI=1S/3C11H9O2.Sb/c3*1-2-3-9-13-11(12)10-7-5-4-6-8-10;/h3*2-3,5-9H,1H2;. The van der Waals surface area contributed by atoms with E-state index in [0.717, 1.165) is 10.5 Å². The summed E-state index contributed by atoms with van der Waals surface area (Å²) in [6, 6.07) is 21.9. The minimum atomic E-state index is -2.66. The van der Waals surface area contributed by atoms with Crippen molar-refractivity contribution < 1.29 is 28.6 Å². The summed E-state index contributed by atoms with van der Waals surface area (Å²) in [5.74, 6) is -1.43. The van der Waals surface area contributed by atoms with Crippen molar-refractivity contribution in [1.82, 2.24) is 0 Å². The molecule has 0 atom stereocenters. The quantitative estimate of drug-likeness (QED) is 0.0933. The molecule has 0 fully saturated rings. The predicted molar refractivity (Wildman–Crippen MR) is 158 cm³/mol. The van der Waals surface area contributed by atoms with Gasteiger partial charge in [-0.2, -0.15) is 0 Å². The molecule has 3 aromatic carbocycles. The Hall–Kier alpha value is -4.67. The van der Waals surface area contributed by atoms with E-state index in [9.17, 15) is 14.4 Å². The summed E-state index contributed by atoms with van der Waals surface area (Å²) in [4.78, 5) is 37.0. The van der Waals surface area contributed by atoms with Crippen LogP contribution in [0.2, 0.25) is 0 Å². The number of allylic oxidation sites excluding steroid dienone is 6. The minimum absolute atomic E-state index is 0.411. The van der Waals surface area contributed by atoms with Crippen LogP contribution in [0.4, 0.5) is 0 Å². The van der Waals surface area contributed by atoms with Gasteiger partial charge in [-0.25, -0.2) is 0 Å². The molecule has 0 heterocycles. The van der Waals surface area contributed by atoms with Crippen molar-refractivity contribution in [3.05, 3.63) is 164 Å². The number of ether oxygens (including phenoxy) is 3. The SMILES string of the molecule is C=CC=COC(=O)c1cc[c]([Sb]([c]2ccc(C(=O)OC=CC=C)cc2)[c]2ccc(C(=O)OC=CC=C)cc2)cc1. The number of rotatable bonds is 12. The molecule has 0 aromatic heterocycles. The second kappa shape index (κ2) is 15.7. The number of hydrogen-bond acceptors (Lipinski definition) is 6. The van der Waals surface area contributed by atoms with E-state index < -0.39 is 38.1 Å². The molecule has 200 valence electrons. The summed E-state index contributed by atoms with van der Waals surface area (Å²) in [5, 5.41) is 0. The van der Waals surface area contributed by atoms with Crippen molar-refractivity contribution in [2.75, 3.05) is 0 Å². The van der Waals surface area contributed by atoms with Gasteiger partial charge in [0, 0.05) is 0 Å². The van der Waals surface area contributed by atoms with Gasteiger partial charge in [0.1, 0.15) is 0 Å².